The summed E-state index contributed by atoms with van der Waals surface area (Å²) in [4.78, 5) is 20.9. The average Bonchev–Trinajstić information content (AvgIpc) is 2.04. The third-order valence-electron chi connectivity index (χ3n) is 0.932. The number of carbonyl (C=O) groups excluding carboxylic acids is 1. The van der Waals surface area contributed by atoms with E-state index >= 15 is 0 Å². The third-order valence-corrected chi connectivity index (χ3v) is 2.03. The molecule has 0 spiro atoms. The van der Waals surface area contributed by atoms with Gasteiger partial charge in [0.25, 0.3) is 0 Å². The number of thiol groups is 1. The van der Waals surface area contributed by atoms with E-state index in [0.29, 0.717) is 11.9 Å². The molecule has 0 aromatic rings. The number of nitrogens with one attached hydrogen (secondary N) is 1. The second-order valence-corrected chi connectivity index (χ2v) is 2.89. The van der Waals surface area contributed by atoms with Crippen molar-refractivity contribution in [3.63, 3.8) is 0 Å². The number of carboxylic acid groups (broad SMARTS) is 1. The number of aliphatic carboxylic acids is 1. The zero-order valence-corrected chi connectivity index (χ0v) is 8.02. The van der Waals surface area contributed by atoms with Crippen LogP contribution < -0.4 is 4.72 Å². The van der Waals surface area contributed by atoms with Crippen molar-refractivity contribution < 1.29 is 19.4 Å². The second-order valence-electron chi connectivity index (χ2n) is 1.75. The van der Waals surface area contributed by atoms with Crippen molar-refractivity contribution in [3.8, 4) is 0 Å². The van der Waals surface area contributed by atoms with Gasteiger partial charge >= 0.3 is 11.3 Å². The molecule has 0 fully saturated rings. The summed E-state index contributed by atoms with van der Waals surface area (Å²) in [7, 11) is 1.22. The molecule has 0 amide bonds. The molecule has 0 bridgehead atoms. The molecule has 0 rings (SSSR count). The Bertz CT molecular complexity index is 175. The molecule has 70 valence electrons. The molecular formula is C5H9NO4S2. The van der Waals surface area contributed by atoms with E-state index in [-0.39, 0.29) is 5.75 Å². The Morgan fingerprint density at radius 2 is 2.33 bits per heavy atom. The highest BCUT2D eigenvalue weighted by Crippen LogP contribution is 2.01. The molecule has 0 radical (unpaired) electrons. The lowest BCUT2D eigenvalue weighted by molar-refractivity contribution is -0.138. The fraction of sp³-hybridized carbons (Fsp3) is 0.600. The number of hydrogen-bond acceptors (Lipinski definition) is 6. The number of carbonyl (C=O) groups is 2. The van der Waals surface area contributed by atoms with Crippen LogP contribution in [0.4, 0.5) is 4.79 Å². The predicted octanol–water partition coefficient (Wildman–Crippen LogP) is 0.374. The minimum Gasteiger partial charge on any atom is -0.480 e. The molecule has 1 atom stereocenters. The molecule has 0 heterocycles. The van der Waals surface area contributed by atoms with Crippen LogP contribution >= 0.6 is 24.6 Å². The maximum Gasteiger partial charge on any atom is 0.382 e. The molecule has 12 heavy (non-hydrogen) atoms. The molecule has 0 aliphatic rings. The minimum atomic E-state index is -1.05. The molecule has 5 nitrogen and oxygen atoms in total. The summed E-state index contributed by atoms with van der Waals surface area (Å²) in [6.45, 7) is 0. The van der Waals surface area contributed by atoms with Crippen LogP contribution in [0, 0.1) is 0 Å². The number of methoxy groups -OCH3 is 1. The normalized spacial score (nSPS) is 12.2. The standard InChI is InChI=1S/C5H9NO4S2/c1-10-5(9)12-6-3(2-11)4(7)8/h3,6,11H,2H2,1H3,(H,7,8). The summed E-state index contributed by atoms with van der Waals surface area (Å²) < 4.78 is 6.65. The Balaban J connectivity index is 3.73. The van der Waals surface area contributed by atoms with Crippen molar-refractivity contribution in [2.24, 2.45) is 0 Å². The molecule has 2 N–H and O–H groups in total. The molecule has 0 saturated carbocycles. The molecule has 1 unspecified atom stereocenters. The third kappa shape index (κ3) is 4.47. The molecule has 0 aromatic heterocycles. The number of carboxylic acids is 1. The van der Waals surface area contributed by atoms with E-state index in [4.69, 9.17) is 5.11 Å². The van der Waals surface area contributed by atoms with Gasteiger partial charge in [-0.25, -0.2) is 9.52 Å². The van der Waals surface area contributed by atoms with Gasteiger partial charge in [-0.15, -0.1) is 0 Å². The van der Waals surface area contributed by atoms with Crippen LogP contribution in [0.5, 0.6) is 0 Å². The van der Waals surface area contributed by atoms with E-state index in [9.17, 15) is 9.59 Å². The van der Waals surface area contributed by atoms with E-state index < -0.39 is 17.3 Å². The van der Waals surface area contributed by atoms with Gasteiger partial charge in [0.1, 0.15) is 6.04 Å². The average molecular weight is 211 g/mol. The summed E-state index contributed by atoms with van der Waals surface area (Å²) in [5.41, 5.74) is 0. The van der Waals surface area contributed by atoms with Crippen molar-refractivity contribution in [1.29, 1.82) is 0 Å². The zero-order valence-electron chi connectivity index (χ0n) is 6.31. The Labute approximate surface area is 79.4 Å². The van der Waals surface area contributed by atoms with Gasteiger partial charge in [-0.05, 0) is 0 Å². The Morgan fingerprint density at radius 1 is 1.75 bits per heavy atom. The van der Waals surface area contributed by atoms with Gasteiger partial charge in [0.15, 0.2) is 0 Å². The Hall–Kier alpha value is -0.400. The number of hydrogen-bond donors (Lipinski definition) is 3. The first-order valence-corrected chi connectivity index (χ1v) is 4.40. The highest BCUT2D eigenvalue weighted by molar-refractivity contribution is 8.11. The number of ether oxygens (including phenoxy) is 1. The lowest BCUT2D eigenvalue weighted by Gasteiger charge is -2.08. The smallest absolute Gasteiger partial charge is 0.382 e. The van der Waals surface area contributed by atoms with Gasteiger partial charge in [0, 0.05) is 17.7 Å². The summed E-state index contributed by atoms with van der Waals surface area (Å²) in [5.74, 6) is -0.944. The lowest BCUT2D eigenvalue weighted by Crippen LogP contribution is -2.34. The van der Waals surface area contributed by atoms with Crippen LogP contribution in [0.1, 0.15) is 0 Å². The largest absolute Gasteiger partial charge is 0.480 e. The molecule has 0 aliphatic heterocycles. The maximum absolute atomic E-state index is 10.5. The van der Waals surface area contributed by atoms with Crippen molar-refractivity contribution >= 4 is 35.8 Å². The van der Waals surface area contributed by atoms with Crippen LogP contribution in [-0.2, 0) is 9.53 Å². The fourth-order valence-corrected chi connectivity index (χ4v) is 1.20. The summed E-state index contributed by atoms with van der Waals surface area (Å²) in [6, 6.07) is -0.850. The van der Waals surface area contributed by atoms with E-state index in [1.807, 2.05) is 0 Å². The van der Waals surface area contributed by atoms with Gasteiger partial charge in [-0.2, -0.15) is 12.6 Å². The Morgan fingerprint density at radius 3 is 2.67 bits per heavy atom. The monoisotopic (exact) mass is 211 g/mol. The molecular weight excluding hydrogens is 202 g/mol. The van der Waals surface area contributed by atoms with Gasteiger partial charge in [-0.1, -0.05) is 0 Å². The van der Waals surface area contributed by atoms with E-state index in [2.05, 4.69) is 22.1 Å². The highest BCUT2D eigenvalue weighted by atomic mass is 32.2. The lowest BCUT2D eigenvalue weighted by atomic mass is 10.4. The summed E-state index contributed by atoms with van der Waals surface area (Å²) >= 11 is 4.37. The van der Waals surface area contributed by atoms with Crippen LogP contribution in [0.2, 0.25) is 0 Å². The summed E-state index contributed by atoms with van der Waals surface area (Å²) in [5, 5.41) is 7.90. The topological polar surface area (TPSA) is 75.6 Å². The van der Waals surface area contributed by atoms with Crippen LogP contribution in [-0.4, -0.2) is 35.3 Å². The van der Waals surface area contributed by atoms with Crippen molar-refractivity contribution in [3.05, 3.63) is 0 Å². The van der Waals surface area contributed by atoms with Gasteiger partial charge in [0.05, 0.1) is 7.11 Å². The zero-order chi connectivity index (χ0) is 9.56. The van der Waals surface area contributed by atoms with E-state index in [1.54, 1.807) is 0 Å². The van der Waals surface area contributed by atoms with Gasteiger partial charge < -0.3 is 9.84 Å². The van der Waals surface area contributed by atoms with E-state index in [1.165, 1.54) is 7.11 Å². The SMILES string of the molecule is COC(=O)SNC(CS)C(=O)O. The van der Waals surface area contributed by atoms with Gasteiger partial charge in [0.2, 0.25) is 0 Å². The number of rotatable bonds is 4. The van der Waals surface area contributed by atoms with Gasteiger partial charge in [-0.3, -0.25) is 4.79 Å². The first kappa shape index (κ1) is 11.6. The van der Waals surface area contributed by atoms with Crippen molar-refractivity contribution in [1.82, 2.24) is 4.72 Å². The quantitative estimate of drug-likeness (QED) is 0.354. The first-order valence-electron chi connectivity index (χ1n) is 2.95. The van der Waals surface area contributed by atoms with Crippen molar-refractivity contribution in [2.75, 3.05) is 12.9 Å². The molecule has 0 saturated heterocycles. The van der Waals surface area contributed by atoms with Crippen LogP contribution in [0.25, 0.3) is 0 Å². The summed E-state index contributed by atoms with van der Waals surface area (Å²) in [6.07, 6.45) is 0. The fourth-order valence-electron chi connectivity index (χ4n) is 0.327. The maximum atomic E-state index is 10.5. The first-order chi connectivity index (χ1) is 5.61. The second kappa shape index (κ2) is 6.15. The Kier molecular flexibility index (Phi) is 5.95. The van der Waals surface area contributed by atoms with E-state index in [0.717, 1.165) is 0 Å². The molecule has 0 aliphatic carbocycles. The predicted molar refractivity (Wildman–Crippen MR) is 48.4 cm³/mol. The molecule has 7 heteroatoms. The van der Waals surface area contributed by atoms with Crippen LogP contribution in [0.15, 0.2) is 0 Å². The van der Waals surface area contributed by atoms with Crippen LogP contribution in [0.3, 0.4) is 0 Å². The molecule has 0 aromatic carbocycles. The minimum absolute atomic E-state index is 0.110. The van der Waals surface area contributed by atoms with Crippen molar-refractivity contribution in [2.45, 2.75) is 6.04 Å². The highest BCUT2D eigenvalue weighted by Gasteiger charge is 2.16.